The van der Waals surface area contributed by atoms with Crippen molar-refractivity contribution in [3.63, 3.8) is 0 Å². The van der Waals surface area contributed by atoms with E-state index in [4.69, 9.17) is 11.6 Å². The fourth-order valence-electron chi connectivity index (χ4n) is 0.967. The molecule has 0 aliphatic carbocycles. The maximum atomic E-state index is 11.3. The zero-order valence-corrected chi connectivity index (χ0v) is 8.95. The lowest BCUT2D eigenvalue weighted by Crippen LogP contribution is -2.02. The number of halogens is 2. The summed E-state index contributed by atoms with van der Waals surface area (Å²) < 4.78 is 0. The van der Waals surface area contributed by atoms with Gasteiger partial charge >= 0.3 is 0 Å². The molecule has 1 nitrogen and oxygen atoms in total. The maximum absolute atomic E-state index is 11.3. The summed E-state index contributed by atoms with van der Waals surface area (Å²) in [4.78, 5) is 11.3. The number of alkyl halides is 1. The van der Waals surface area contributed by atoms with E-state index in [1.54, 1.807) is 12.1 Å². The van der Waals surface area contributed by atoms with Gasteiger partial charge in [0.15, 0.2) is 5.78 Å². The second-order valence-electron chi connectivity index (χ2n) is 2.52. The summed E-state index contributed by atoms with van der Waals surface area (Å²) in [6, 6.07) is 5.32. The van der Waals surface area contributed by atoms with Crippen molar-refractivity contribution in [1.82, 2.24) is 0 Å². The summed E-state index contributed by atoms with van der Waals surface area (Å²) in [5.41, 5.74) is 1.66. The maximum Gasteiger partial charge on any atom is 0.173 e. The van der Waals surface area contributed by atoms with Crippen LogP contribution in [0.25, 0.3) is 0 Å². The van der Waals surface area contributed by atoms with Gasteiger partial charge < -0.3 is 0 Å². The molecule has 0 unspecified atom stereocenters. The summed E-state index contributed by atoms with van der Waals surface area (Å²) in [5.74, 6) is 0.0648. The Balaban J connectivity index is 3.13. The number of carbonyl (C=O) groups excluding carboxylic acids is 1. The minimum absolute atomic E-state index is 0.0648. The second kappa shape index (κ2) is 4.06. The highest BCUT2D eigenvalue weighted by Crippen LogP contribution is 2.16. The summed E-state index contributed by atoms with van der Waals surface area (Å²) in [7, 11) is 0. The molecule has 1 aromatic rings. The third-order valence-corrected chi connectivity index (χ3v) is 2.37. The van der Waals surface area contributed by atoms with Gasteiger partial charge in [0, 0.05) is 10.6 Å². The van der Waals surface area contributed by atoms with Crippen molar-refractivity contribution < 1.29 is 4.79 Å². The molecule has 0 fully saturated rings. The molecular weight excluding hydrogens is 239 g/mol. The summed E-state index contributed by atoms with van der Waals surface area (Å²) in [6.07, 6.45) is 0. The van der Waals surface area contributed by atoms with E-state index in [-0.39, 0.29) is 5.78 Å². The molecule has 1 aromatic carbocycles. The molecule has 0 aliphatic rings. The van der Waals surface area contributed by atoms with Crippen LogP contribution in [0.5, 0.6) is 0 Å². The van der Waals surface area contributed by atoms with Gasteiger partial charge in [-0.1, -0.05) is 33.6 Å². The van der Waals surface area contributed by atoms with E-state index >= 15 is 0 Å². The van der Waals surface area contributed by atoms with Crippen LogP contribution in [0.4, 0.5) is 0 Å². The van der Waals surface area contributed by atoms with Gasteiger partial charge in [-0.05, 0) is 24.6 Å². The molecule has 0 spiro atoms. The van der Waals surface area contributed by atoms with Crippen LogP contribution in [0.1, 0.15) is 15.9 Å². The Morgan fingerprint density at radius 2 is 2.25 bits per heavy atom. The van der Waals surface area contributed by atoms with Crippen molar-refractivity contribution in [1.29, 1.82) is 0 Å². The zero-order valence-electron chi connectivity index (χ0n) is 6.60. The van der Waals surface area contributed by atoms with Crippen LogP contribution in [0.3, 0.4) is 0 Å². The molecule has 0 heterocycles. The molecule has 12 heavy (non-hydrogen) atoms. The molecule has 0 aromatic heterocycles. The number of aryl methyl sites for hydroxylation is 1. The van der Waals surface area contributed by atoms with Gasteiger partial charge in [0.05, 0.1) is 5.33 Å². The molecule has 64 valence electrons. The Hall–Kier alpha value is -0.340. The molecular formula is C9H8BrClO. The molecule has 0 atom stereocenters. The Labute approximate surface area is 84.9 Å². The van der Waals surface area contributed by atoms with Crippen LogP contribution < -0.4 is 0 Å². The van der Waals surface area contributed by atoms with Crippen LogP contribution in [-0.2, 0) is 0 Å². The van der Waals surface area contributed by atoms with E-state index in [1.165, 1.54) is 0 Å². The molecule has 0 aliphatic heterocycles. The summed E-state index contributed by atoms with van der Waals surface area (Å²) >= 11 is 8.87. The summed E-state index contributed by atoms with van der Waals surface area (Å²) in [6.45, 7) is 1.90. The second-order valence-corrected chi connectivity index (χ2v) is 3.51. The van der Waals surface area contributed by atoms with Crippen molar-refractivity contribution in [3.8, 4) is 0 Å². The molecule has 0 radical (unpaired) electrons. The largest absolute Gasteiger partial charge is 0.293 e. The minimum atomic E-state index is 0.0648. The molecule has 0 bridgehead atoms. The zero-order chi connectivity index (χ0) is 9.14. The average Bonchev–Trinajstić information content (AvgIpc) is 2.08. The lowest BCUT2D eigenvalue weighted by molar-refractivity contribution is 0.102. The van der Waals surface area contributed by atoms with Crippen LogP contribution in [0.2, 0.25) is 5.02 Å². The van der Waals surface area contributed by atoms with Crippen molar-refractivity contribution >= 4 is 33.3 Å². The quantitative estimate of drug-likeness (QED) is 0.579. The molecule has 0 saturated heterocycles. The first-order valence-corrected chi connectivity index (χ1v) is 5.00. The molecule has 0 saturated carbocycles. The van der Waals surface area contributed by atoms with Gasteiger partial charge in [-0.3, -0.25) is 4.79 Å². The van der Waals surface area contributed by atoms with Crippen molar-refractivity contribution in [2.75, 3.05) is 5.33 Å². The van der Waals surface area contributed by atoms with Crippen LogP contribution in [0.15, 0.2) is 18.2 Å². The van der Waals surface area contributed by atoms with Gasteiger partial charge in [-0.25, -0.2) is 0 Å². The number of ketones is 1. The third-order valence-electron chi connectivity index (χ3n) is 1.62. The van der Waals surface area contributed by atoms with Gasteiger partial charge in [0.2, 0.25) is 0 Å². The Morgan fingerprint density at radius 3 is 2.83 bits per heavy atom. The van der Waals surface area contributed by atoms with Gasteiger partial charge in [-0.15, -0.1) is 0 Å². The number of benzene rings is 1. The topological polar surface area (TPSA) is 17.1 Å². The summed E-state index contributed by atoms with van der Waals surface area (Å²) in [5, 5.41) is 0.943. The molecule has 1 rings (SSSR count). The van der Waals surface area contributed by atoms with Gasteiger partial charge in [0.1, 0.15) is 0 Å². The van der Waals surface area contributed by atoms with Crippen LogP contribution in [0, 0.1) is 6.92 Å². The van der Waals surface area contributed by atoms with Gasteiger partial charge in [0.25, 0.3) is 0 Å². The fraction of sp³-hybridized carbons (Fsp3) is 0.222. The Morgan fingerprint density at radius 1 is 1.58 bits per heavy atom. The average molecular weight is 248 g/mol. The highest BCUT2D eigenvalue weighted by atomic mass is 79.9. The van der Waals surface area contributed by atoms with E-state index in [0.29, 0.717) is 15.9 Å². The molecule has 3 heteroatoms. The molecule has 0 N–H and O–H groups in total. The van der Waals surface area contributed by atoms with Gasteiger partial charge in [-0.2, -0.15) is 0 Å². The van der Waals surface area contributed by atoms with Crippen molar-refractivity contribution in [3.05, 3.63) is 34.3 Å². The van der Waals surface area contributed by atoms with E-state index < -0.39 is 0 Å². The fourth-order valence-corrected chi connectivity index (χ4v) is 1.44. The predicted molar refractivity (Wildman–Crippen MR) is 54.3 cm³/mol. The SMILES string of the molecule is Cc1ccc(Cl)cc1C(=O)CBr. The van der Waals surface area contributed by atoms with E-state index in [2.05, 4.69) is 15.9 Å². The van der Waals surface area contributed by atoms with Crippen LogP contribution in [-0.4, -0.2) is 11.1 Å². The van der Waals surface area contributed by atoms with Crippen molar-refractivity contribution in [2.45, 2.75) is 6.92 Å². The Kier molecular flexibility index (Phi) is 3.29. The van der Waals surface area contributed by atoms with E-state index in [9.17, 15) is 4.79 Å². The minimum Gasteiger partial charge on any atom is -0.293 e. The smallest absolute Gasteiger partial charge is 0.173 e. The predicted octanol–water partition coefficient (Wildman–Crippen LogP) is 3.23. The van der Waals surface area contributed by atoms with E-state index in [1.807, 2.05) is 13.0 Å². The number of hydrogen-bond acceptors (Lipinski definition) is 1. The lowest BCUT2D eigenvalue weighted by Gasteiger charge is -2.02. The van der Waals surface area contributed by atoms with Crippen LogP contribution >= 0.6 is 27.5 Å². The highest BCUT2D eigenvalue weighted by Gasteiger charge is 2.07. The number of rotatable bonds is 2. The standard InChI is InChI=1S/C9H8BrClO/c1-6-2-3-7(11)4-8(6)9(12)5-10/h2-4H,5H2,1H3. The monoisotopic (exact) mass is 246 g/mol. The first kappa shape index (κ1) is 9.75. The lowest BCUT2D eigenvalue weighted by atomic mass is 10.1. The van der Waals surface area contributed by atoms with Crippen molar-refractivity contribution in [2.24, 2.45) is 0 Å². The number of hydrogen-bond donors (Lipinski definition) is 0. The highest BCUT2D eigenvalue weighted by molar-refractivity contribution is 9.09. The van der Waals surface area contributed by atoms with E-state index in [0.717, 1.165) is 5.56 Å². The normalized spacial score (nSPS) is 9.92. The third kappa shape index (κ3) is 2.08. The Bertz CT molecular complexity index is 309. The molecule has 0 amide bonds. The first-order valence-electron chi connectivity index (χ1n) is 3.50. The first-order chi connectivity index (χ1) is 5.65. The number of carbonyl (C=O) groups is 1. The number of Topliss-reactive ketones (excluding diaryl/α,β-unsaturated/α-hetero) is 1.